The summed E-state index contributed by atoms with van der Waals surface area (Å²) < 4.78 is 4.88. The first-order valence-electron chi connectivity index (χ1n) is 5.92. The number of esters is 1. The van der Waals surface area contributed by atoms with E-state index in [0.29, 0.717) is 5.92 Å². The van der Waals surface area contributed by atoms with Crippen molar-refractivity contribution < 1.29 is 9.53 Å². The number of carbonyl (C=O) groups is 1. The van der Waals surface area contributed by atoms with Crippen molar-refractivity contribution in [1.29, 1.82) is 0 Å². The highest BCUT2D eigenvalue weighted by atomic mass is 16.5. The largest absolute Gasteiger partial charge is 0.465 e. The molecule has 1 fully saturated rings. The molecule has 1 aromatic carbocycles. The average Bonchev–Trinajstić information content (AvgIpc) is 2.81. The zero-order valence-electron chi connectivity index (χ0n) is 9.95. The van der Waals surface area contributed by atoms with Crippen molar-refractivity contribution in [2.24, 2.45) is 0 Å². The lowest BCUT2D eigenvalue weighted by Crippen LogP contribution is -2.10. The third-order valence-corrected chi connectivity index (χ3v) is 3.49. The van der Waals surface area contributed by atoms with Gasteiger partial charge in [-0.05, 0) is 36.8 Å². The van der Waals surface area contributed by atoms with Crippen molar-refractivity contribution in [3.8, 4) is 0 Å². The predicted molar refractivity (Wildman–Crippen MR) is 63.7 cm³/mol. The van der Waals surface area contributed by atoms with Crippen LogP contribution < -0.4 is 0 Å². The Morgan fingerprint density at radius 2 is 2.00 bits per heavy atom. The van der Waals surface area contributed by atoms with Crippen LogP contribution in [0.4, 0.5) is 0 Å². The van der Waals surface area contributed by atoms with Gasteiger partial charge in [0, 0.05) is 0 Å². The molecule has 1 aliphatic carbocycles. The van der Waals surface area contributed by atoms with E-state index in [9.17, 15) is 4.79 Å². The Labute approximate surface area is 96.6 Å². The van der Waals surface area contributed by atoms with E-state index in [1.165, 1.54) is 38.4 Å². The van der Waals surface area contributed by atoms with Gasteiger partial charge in [0.25, 0.3) is 0 Å². The highest BCUT2D eigenvalue weighted by Crippen LogP contribution is 2.36. The number of hydrogen-bond donors (Lipinski definition) is 0. The van der Waals surface area contributed by atoms with Gasteiger partial charge in [0.2, 0.25) is 0 Å². The van der Waals surface area contributed by atoms with Crippen molar-refractivity contribution in [3.05, 3.63) is 34.9 Å². The first kappa shape index (κ1) is 11.2. The smallest absolute Gasteiger partial charge is 0.338 e. The minimum absolute atomic E-state index is 0.194. The molecular formula is C14H18O2. The van der Waals surface area contributed by atoms with E-state index < -0.39 is 0 Å². The van der Waals surface area contributed by atoms with Gasteiger partial charge in [0.1, 0.15) is 0 Å². The highest BCUT2D eigenvalue weighted by Gasteiger charge is 2.23. The molecule has 0 aliphatic heterocycles. The first-order valence-corrected chi connectivity index (χ1v) is 5.92. The minimum atomic E-state index is -0.194. The Balaban J connectivity index is 2.43. The average molecular weight is 218 g/mol. The summed E-state index contributed by atoms with van der Waals surface area (Å²) in [5.74, 6) is 0.356. The molecule has 0 N–H and O–H groups in total. The summed E-state index contributed by atoms with van der Waals surface area (Å²) >= 11 is 0. The van der Waals surface area contributed by atoms with Crippen molar-refractivity contribution >= 4 is 5.97 Å². The molecule has 0 unspecified atom stereocenters. The lowest BCUT2D eigenvalue weighted by molar-refractivity contribution is 0.0598. The molecule has 1 aromatic rings. The van der Waals surface area contributed by atoms with Gasteiger partial charge in [-0.15, -0.1) is 0 Å². The summed E-state index contributed by atoms with van der Waals surface area (Å²) in [7, 11) is 1.45. The summed E-state index contributed by atoms with van der Waals surface area (Å²) in [5, 5.41) is 0. The molecule has 0 saturated heterocycles. The quantitative estimate of drug-likeness (QED) is 0.711. The molecule has 0 aromatic heterocycles. The maximum Gasteiger partial charge on any atom is 0.338 e. The van der Waals surface area contributed by atoms with E-state index in [1.807, 2.05) is 19.1 Å². The van der Waals surface area contributed by atoms with Crippen LogP contribution in [-0.2, 0) is 4.74 Å². The van der Waals surface area contributed by atoms with E-state index in [2.05, 4.69) is 6.07 Å². The number of methoxy groups -OCH3 is 1. The van der Waals surface area contributed by atoms with Gasteiger partial charge in [0.15, 0.2) is 0 Å². The summed E-state index contributed by atoms with van der Waals surface area (Å²) in [6, 6.07) is 6.09. The van der Waals surface area contributed by atoms with Crippen LogP contribution in [0.15, 0.2) is 18.2 Å². The number of hydrogen-bond acceptors (Lipinski definition) is 2. The molecule has 16 heavy (non-hydrogen) atoms. The molecule has 0 amide bonds. The summed E-state index contributed by atoms with van der Waals surface area (Å²) in [6.07, 6.45) is 4.96. The second kappa shape index (κ2) is 4.69. The molecule has 1 saturated carbocycles. The van der Waals surface area contributed by atoms with Gasteiger partial charge in [-0.2, -0.15) is 0 Å². The van der Waals surface area contributed by atoms with Crippen LogP contribution >= 0.6 is 0 Å². The van der Waals surface area contributed by atoms with Crippen LogP contribution in [0.2, 0.25) is 0 Å². The van der Waals surface area contributed by atoms with E-state index in [0.717, 1.165) is 11.1 Å². The maximum absolute atomic E-state index is 11.8. The molecule has 2 rings (SSSR count). The molecular weight excluding hydrogens is 200 g/mol. The van der Waals surface area contributed by atoms with Crippen molar-refractivity contribution in [2.45, 2.75) is 38.5 Å². The van der Waals surface area contributed by atoms with Crippen LogP contribution in [0.5, 0.6) is 0 Å². The fourth-order valence-corrected chi connectivity index (χ4v) is 2.65. The van der Waals surface area contributed by atoms with E-state index in [4.69, 9.17) is 4.74 Å². The normalized spacial score (nSPS) is 16.4. The Morgan fingerprint density at radius 1 is 1.31 bits per heavy atom. The minimum Gasteiger partial charge on any atom is -0.465 e. The van der Waals surface area contributed by atoms with Gasteiger partial charge >= 0.3 is 5.97 Å². The zero-order chi connectivity index (χ0) is 11.5. The second-order valence-corrected chi connectivity index (χ2v) is 4.51. The molecule has 2 heteroatoms. The monoisotopic (exact) mass is 218 g/mol. The molecule has 0 spiro atoms. The SMILES string of the molecule is COC(=O)c1c(C)cccc1C1CCCC1. The lowest BCUT2D eigenvalue weighted by Gasteiger charge is -2.15. The molecule has 0 heterocycles. The van der Waals surface area contributed by atoms with Gasteiger partial charge in [-0.25, -0.2) is 4.79 Å². The van der Waals surface area contributed by atoms with E-state index in [1.54, 1.807) is 0 Å². The molecule has 2 nitrogen and oxygen atoms in total. The van der Waals surface area contributed by atoms with Crippen molar-refractivity contribution in [3.63, 3.8) is 0 Å². The Morgan fingerprint density at radius 3 is 2.62 bits per heavy atom. The van der Waals surface area contributed by atoms with Crippen LogP contribution in [0.3, 0.4) is 0 Å². The fraction of sp³-hybridized carbons (Fsp3) is 0.500. The van der Waals surface area contributed by atoms with E-state index in [-0.39, 0.29) is 5.97 Å². The lowest BCUT2D eigenvalue weighted by atomic mass is 9.90. The highest BCUT2D eigenvalue weighted by molar-refractivity contribution is 5.92. The number of ether oxygens (including phenoxy) is 1. The summed E-state index contributed by atoms with van der Waals surface area (Å²) in [6.45, 7) is 1.98. The summed E-state index contributed by atoms with van der Waals surface area (Å²) in [5.41, 5.74) is 3.00. The number of aryl methyl sites for hydroxylation is 1. The molecule has 86 valence electrons. The van der Waals surface area contributed by atoms with Gasteiger partial charge in [0.05, 0.1) is 12.7 Å². The summed E-state index contributed by atoms with van der Waals surface area (Å²) in [4.78, 5) is 11.8. The van der Waals surface area contributed by atoms with Crippen molar-refractivity contribution in [1.82, 2.24) is 0 Å². The Hall–Kier alpha value is -1.31. The molecule has 1 aliphatic rings. The number of rotatable bonds is 2. The first-order chi connectivity index (χ1) is 7.74. The molecule has 0 bridgehead atoms. The van der Waals surface area contributed by atoms with Crippen LogP contribution in [0.25, 0.3) is 0 Å². The Bertz CT molecular complexity index is 390. The molecule has 0 atom stereocenters. The van der Waals surface area contributed by atoms with E-state index >= 15 is 0 Å². The van der Waals surface area contributed by atoms with Crippen LogP contribution in [0.1, 0.15) is 53.1 Å². The topological polar surface area (TPSA) is 26.3 Å². The van der Waals surface area contributed by atoms with Gasteiger partial charge < -0.3 is 4.74 Å². The van der Waals surface area contributed by atoms with Crippen molar-refractivity contribution in [2.75, 3.05) is 7.11 Å². The van der Waals surface area contributed by atoms with Crippen LogP contribution in [-0.4, -0.2) is 13.1 Å². The number of benzene rings is 1. The number of carbonyl (C=O) groups excluding carboxylic acids is 1. The second-order valence-electron chi connectivity index (χ2n) is 4.51. The maximum atomic E-state index is 11.8. The fourth-order valence-electron chi connectivity index (χ4n) is 2.65. The van der Waals surface area contributed by atoms with Gasteiger partial charge in [-0.1, -0.05) is 31.0 Å². The standard InChI is InChI=1S/C14H18O2/c1-10-6-5-9-12(11-7-3-4-8-11)13(10)14(15)16-2/h5-6,9,11H,3-4,7-8H2,1-2H3. The third-order valence-electron chi connectivity index (χ3n) is 3.49. The molecule has 0 radical (unpaired) electrons. The predicted octanol–water partition coefficient (Wildman–Crippen LogP) is 3.44. The third kappa shape index (κ3) is 1.97. The van der Waals surface area contributed by atoms with Crippen LogP contribution in [0, 0.1) is 6.92 Å². The Kier molecular flexibility index (Phi) is 3.28. The zero-order valence-corrected chi connectivity index (χ0v) is 9.95. The van der Waals surface area contributed by atoms with Gasteiger partial charge in [-0.3, -0.25) is 0 Å².